The average molecular weight is 601 g/mol. The topological polar surface area (TPSA) is 91.0 Å². The molecule has 4 rings (SSSR count). The van der Waals surface area contributed by atoms with Gasteiger partial charge in [0.15, 0.2) is 0 Å². The molecule has 3 aromatic rings. The number of amides is 2. The summed E-state index contributed by atoms with van der Waals surface area (Å²) in [5.41, 5.74) is 2.85. The second kappa shape index (κ2) is 15.7. The van der Waals surface area contributed by atoms with Crippen molar-refractivity contribution in [2.24, 2.45) is 0 Å². The van der Waals surface area contributed by atoms with Gasteiger partial charge in [-0.3, -0.25) is 9.62 Å². The molecule has 10 heteroatoms. The Morgan fingerprint density at radius 2 is 1.54 bits per heavy atom. The molecule has 2 N–H and O–H groups in total. The zero-order chi connectivity index (χ0) is 28.4. The maximum atomic E-state index is 13.1. The summed E-state index contributed by atoms with van der Waals surface area (Å²) < 4.78 is 31.1. The van der Waals surface area contributed by atoms with E-state index in [0.717, 1.165) is 62.9 Å². The second-order valence-electron chi connectivity index (χ2n) is 10.4. The van der Waals surface area contributed by atoms with Gasteiger partial charge in [0.25, 0.3) is 0 Å². The number of ether oxygens (including phenoxy) is 1. The zero-order valence-corrected chi connectivity index (χ0v) is 25.4. The molecule has 0 bridgehead atoms. The highest BCUT2D eigenvalue weighted by Gasteiger charge is 2.28. The summed E-state index contributed by atoms with van der Waals surface area (Å²) in [6.45, 7) is 6.19. The molecule has 0 unspecified atom stereocenters. The molecule has 1 saturated heterocycles. The zero-order valence-electron chi connectivity index (χ0n) is 23.8. The smallest absolute Gasteiger partial charge is 0.317 e. The number of halogens is 1. The first-order chi connectivity index (χ1) is 19.3. The van der Waals surface area contributed by atoms with E-state index in [0.29, 0.717) is 24.5 Å². The predicted octanol–water partition coefficient (Wildman–Crippen LogP) is 6.25. The van der Waals surface area contributed by atoms with Gasteiger partial charge in [-0.1, -0.05) is 55.8 Å². The fraction of sp³-hybridized carbons (Fsp3) is 0.387. The molecule has 1 fully saturated rings. The third kappa shape index (κ3) is 10.6. The van der Waals surface area contributed by atoms with Crippen LogP contribution in [0.1, 0.15) is 43.7 Å². The maximum Gasteiger partial charge on any atom is 0.317 e. The molecule has 0 aromatic heterocycles. The summed E-state index contributed by atoms with van der Waals surface area (Å²) in [4.78, 5) is 17.6. The largest absolute Gasteiger partial charge is 0.457 e. The molecule has 0 atom stereocenters. The monoisotopic (exact) mass is 600 g/mol. The fourth-order valence-corrected chi connectivity index (χ4v) is 5.44. The Balaban J connectivity index is 0.00000462. The van der Waals surface area contributed by atoms with Gasteiger partial charge in [-0.25, -0.2) is 13.2 Å². The number of benzene rings is 3. The van der Waals surface area contributed by atoms with Gasteiger partial charge in [-0.15, -0.1) is 12.4 Å². The highest BCUT2D eigenvalue weighted by molar-refractivity contribution is 7.92. The van der Waals surface area contributed by atoms with Crippen LogP contribution in [0.15, 0.2) is 78.9 Å². The van der Waals surface area contributed by atoms with Crippen molar-refractivity contribution in [3.05, 3.63) is 90.0 Å². The van der Waals surface area contributed by atoms with E-state index in [9.17, 15) is 13.2 Å². The maximum absolute atomic E-state index is 13.1. The molecule has 0 spiro atoms. The molecule has 1 heterocycles. The molecule has 1 aliphatic heterocycles. The number of rotatable bonds is 12. The van der Waals surface area contributed by atoms with Crippen LogP contribution in [0.2, 0.25) is 0 Å². The van der Waals surface area contributed by atoms with Crippen molar-refractivity contribution in [2.75, 3.05) is 30.6 Å². The Bertz CT molecular complexity index is 1310. The molecule has 0 saturated carbocycles. The average Bonchev–Trinajstić information content (AvgIpc) is 2.94. The standard InChI is InChI=1S/C31H40N4O4S.ClH/c1-3-4-20-32-31(36)35(24-25-8-6-5-7-9-25)28-18-21-34(22-19-28)23-26-10-14-29(15-11-26)39-30-16-12-27(13-17-30)33-40(2,37)38;/h5-17,28,33H,3-4,18-24H2,1-2H3,(H,32,36);1H. The lowest BCUT2D eigenvalue weighted by atomic mass is 10.0. The van der Waals surface area contributed by atoms with Gasteiger partial charge in [0.05, 0.1) is 6.26 Å². The number of carbonyl (C=O) groups excluding carboxylic acids is 1. The minimum atomic E-state index is -3.31. The number of unbranched alkanes of at least 4 members (excludes halogenated alkanes) is 1. The Labute approximate surface area is 250 Å². The number of sulfonamides is 1. The number of nitrogens with zero attached hydrogens (tertiary/aromatic N) is 2. The van der Waals surface area contributed by atoms with Crippen LogP contribution in [0.25, 0.3) is 0 Å². The first-order valence-electron chi connectivity index (χ1n) is 13.9. The van der Waals surface area contributed by atoms with Crippen molar-refractivity contribution in [1.29, 1.82) is 0 Å². The summed E-state index contributed by atoms with van der Waals surface area (Å²) in [6.07, 6.45) is 5.06. The SMILES string of the molecule is CCCCNC(=O)N(Cc1ccccc1)C1CCN(Cc2ccc(Oc3ccc(NS(C)(=O)=O)cc3)cc2)CC1.Cl. The lowest BCUT2D eigenvalue weighted by Crippen LogP contribution is -2.50. The van der Waals surface area contributed by atoms with Crippen LogP contribution in [-0.4, -0.2) is 56.2 Å². The lowest BCUT2D eigenvalue weighted by molar-refractivity contribution is 0.113. The third-order valence-electron chi connectivity index (χ3n) is 6.98. The van der Waals surface area contributed by atoms with E-state index in [1.807, 2.05) is 35.2 Å². The molecule has 8 nitrogen and oxygen atoms in total. The summed E-state index contributed by atoms with van der Waals surface area (Å²) in [5, 5.41) is 3.12. The van der Waals surface area contributed by atoms with Crippen molar-refractivity contribution in [2.45, 2.75) is 51.7 Å². The number of likely N-dealkylation sites (tertiary alicyclic amines) is 1. The van der Waals surface area contributed by atoms with Crippen LogP contribution >= 0.6 is 12.4 Å². The number of anilines is 1. The van der Waals surface area contributed by atoms with Crippen molar-refractivity contribution in [3.63, 3.8) is 0 Å². The van der Waals surface area contributed by atoms with Crippen molar-refractivity contribution < 1.29 is 17.9 Å². The van der Waals surface area contributed by atoms with E-state index in [2.05, 4.69) is 46.1 Å². The van der Waals surface area contributed by atoms with E-state index < -0.39 is 10.0 Å². The quantitative estimate of drug-likeness (QED) is 0.240. The molecule has 1 aliphatic rings. The summed E-state index contributed by atoms with van der Waals surface area (Å²) in [6, 6.07) is 25.3. The van der Waals surface area contributed by atoms with E-state index in [1.165, 1.54) is 5.56 Å². The van der Waals surface area contributed by atoms with E-state index in [-0.39, 0.29) is 24.5 Å². The van der Waals surface area contributed by atoms with E-state index in [4.69, 9.17) is 4.74 Å². The summed E-state index contributed by atoms with van der Waals surface area (Å²) in [7, 11) is -3.31. The minimum absolute atomic E-state index is 0. The molecule has 0 aliphatic carbocycles. The first kappa shape index (κ1) is 32.2. The van der Waals surface area contributed by atoms with Gasteiger partial charge in [-0.2, -0.15) is 0 Å². The van der Waals surface area contributed by atoms with Crippen LogP contribution in [0.4, 0.5) is 10.5 Å². The van der Waals surface area contributed by atoms with E-state index in [1.54, 1.807) is 24.3 Å². The van der Waals surface area contributed by atoms with Gasteiger partial charge in [0, 0.05) is 44.5 Å². The van der Waals surface area contributed by atoms with Gasteiger partial charge < -0.3 is 15.0 Å². The van der Waals surface area contributed by atoms with Gasteiger partial charge >= 0.3 is 6.03 Å². The van der Waals surface area contributed by atoms with Crippen LogP contribution < -0.4 is 14.8 Å². The Hall–Kier alpha value is -3.27. The summed E-state index contributed by atoms with van der Waals surface area (Å²) >= 11 is 0. The molecule has 2 amide bonds. The number of nitrogens with one attached hydrogen (secondary N) is 2. The third-order valence-corrected chi connectivity index (χ3v) is 7.59. The van der Waals surface area contributed by atoms with Gasteiger partial charge in [0.2, 0.25) is 10.0 Å². The lowest BCUT2D eigenvalue weighted by Gasteiger charge is -2.38. The Morgan fingerprint density at radius 3 is 2.12 bits per heavy atom. The molecule has 3 aromatic carbocycles. The fourth-order valence-electron chi connectivity index (χ4n) is 4.87. The highest BCUT2D eigenvalue weighted by atomic mass is 35.5. The normalized spacial score (nSPS) is 14.1. The van der Waals surface area contributed by atoms with E-state index >= 15 is 0 Å². The number of piperidine rings is 1. The Kier molecular flexibility index (Phi) is 12.3. The van der Waals surface area contributed by atoms with Crippen molar-refractivity contribution >= 4 is 34.1 Å². The van der Waals surface area contributed by atoms with Crippen LogP contribution in [0, 0.1) is 0 Å². The number of urea groups is 1. The number of hydrogen-bond acceptors (Lipinski definition) is 5. The molecule has 41 heavy (non-hydrogen) atoms. The number of hydrogen-bond donors (Lipinski definition) is 2. The first-order valence-corrected chi connectivity index (χ1v) is 15.8. The predicted molar refractivity (Wildman–Crippen MR) is 167 cm³/mol. The van der Waals surface area contributed by atoms with Crippen molar-refractivity contribution in [3.8, 4) is 11.5 Å². The summed E-state index contributed by atoms with van der Waals surface area (Å²) in [5.74, 6) is 1.35. The van der Waals surface area contributed by atoms with Crippen molar-refractivity contribution in [1.82, 2.24) is 15.1 Å². The molecular formula is C31H41ClN4O4S. The van der Waals surface area contributed by atoms with Gasteiger partial charge in [0.1, 0.15) is 11.5 Å². The Morgan fingerprint density at radius 1 is 0.927 bits per heavy atom. The molecule has 222 valence electrons. The molecule has 0 radical (unpaired) electrons. The highest BCUT2D eigenvalue weighted by Crippen LogP contribution is 2.25. The minimum Gasteiger partial charge on any atom is -0.457 e. The van der Waals surface area contributed by atoms with Crippen LogP contribution in [0.5, 0.6) is 11.5 Å². The second-order valence-corrected chi connectivity index (χ2v) is 12.1. The molecular weight excluding hydrogens is 560 g/mol. The van der Waals surface area contributed by atoms with Crippen LogP contribution in [0.3, 0.4) is 0 Å². The van der Waals surface area contributed by atoms with Gasteiger partial charge in [-0.05, 0) is 66.8 Å². The van der Waals surface area contributed by atoms with Crippen LogP contribution in [-0.2, 0) is 23.1 Å². The number of carbonyl (C=O) groups is 1.